The van der Waals surface area contributed by atoms with Crippen LogP contribution in [0.1, 0.15) is 141 Å². The summed E-state index contributed by atoms with van der Waals surface area (Å²) in [5.41, 5.74) is 12.8. The number of aryl methyl sites for hydroxylation is 1. The van der Waals surface area contributed by atoms with E-state index in [0.29, 0.717) is 42.1 Å². The first-order valence-corrected chi connectivity index (χ1v) is 21.5. The highest BCUT2D eigenvalue weighted by atomic mass is 16.5. The molecule has 58 heavy (non-hydrogen) atoms. The molecule has 0 saturated heterocycles. The number of anilines is 3. The van der Waals surface area contributed by atoms with Crippen molar-refractivity contribution in [3.8, 4) is 22.6 Å². The minimum atomic E-state index is -0.230. The van der Waals surface area contributed by atoms with Crippen LogP contribution in [0.2, 0.25) is 0 Å². The highest BCUT2D eigenvalue weighted by Crippen LogP contribution is 2.52. The summed E-state index contributed by atoms with van der Waals surface area (Å²) in [7, 11) is 0. The fourth-order valence-corrected chi connectivity index (χ4v) is 9.55. The molecule has 0 N–H and O–H groups in total. The van der Waals surface area contributed by atoms with Crippen molar-refractivity contribution in [1.29, 1.82) is 0 Å². The van der Waals surface area contributed by atoms with Crippen LogP contribution in [0.3, 0.4) is 0 Å². The lowest BCUT2D eigenvalue weighted by Gasteiger charge is -2.41. The molecule has 5 heteroatoms. The minimum absolute atomic E-state index is 0.0229. The zero-order chi connectivity index (χ0) is 41.8. The molecule has 7 rings (SSSR count). The summed E-state index contributed by atoms with van der Waals surface area (Å²) in [5.74, 6) is 5.30. The lowest BCUT2D eigenvalue weighted by molar-refractivity contribution is 0.198. The van der Waals surface area contributed by atoms with Crippen molar-refractivity contribution in [2.24, 2.45) is 22.7 Å². The average molecular weight is 776 g/mol. The highest BCUT2D eigenvalue weighted by molar-refractivity contribution is 5.97. The van der Waals surface area contributed by atoms with Crippen LogP contribution < -0.4 is 9.64 Å². The van der Waals surface area contributed by atoms with Gasteiger partial charge in [0.25, 0.3) is 0 Å². The molecule has 1 atom stereocenters. The molecule has 0 fully saturated rings. The molecule has 0 spiro atoms. The fraction of sp³-hybridized carbons (Fsp3) is 0.434. The van der Waals surface area contributed by atoms with Gasteiger partial charge in [-0.1, -0.05) is 126 Å². The Balaban J connectivity index is 1.37. The summed E-state index contributed by atoms with van der Waals surface area (Å²) in [6.07, 6.45) is 1.90. The Kier molecular flexibility index (Phi) is 11.2. The number of hydrogen-bond donors (Lipinski definition) is 0. The first-order valence-electron chi connectivity index (χ1n) is 21.5. The second kappa shape index (κ2) is 15.7. The molecular weight excluding hydrogens is 711 g/mol. The summed E-state index contributed by atoms with van der Waals surface area (Å²) in [5, 5.41) is 0. The molecule has 1 aromatic heterocycles. The Morgan fingerprint density at radius 1 is 0.741 bits per heavy atom. The number of benzene rings is 4. The minimum Gasteiger partial charge on any atom is -0.475 e. The lowest BCUT2D eigenvalue weighted by atomic mass is 9.72. The second-order valence-corrected chi connectivity index (χ2v) is 19.7. The van der Waals surface area contributed by atoms with Crippen molar-refractivity contribution in [3.05, 3.63) is 130 Å². The molecule has 2 aliphatic rings. The van der Waals surface area contributed by atoms with E-state index in [1.54, 1.807) is 0 Å². The van der Waals surface area contributed by atoms with Crippen LogP contribution in [-0.4, -0.2) is 23.5 Å². The van der Waals surface area contributed by atoms with Crippen LogP contribution in [0.4, 0.5) is 17.2 Å². The fourth-order valence-electron chi connectivity index (χ4n) is 9.55. The molecule has 0 amide bonds. The topological polar surface area (TPSA) is 47.0 Å². The van der Waals surface area contributed by atoms with Gasteiger partial charge in [-0.15, -0.1) is 0 Å². The number of rotatable bonds is 10. The van der Waals surface area contributed by atoms with E-state index in [2.05, 4.69) is 187 Å². The largest absolute Gasteiger partial charge is 0.475 e. The predicted octanol–water partition coefficient (Wildman–Crippen LogP) is 14.6. The number of pyridine rings is 1. The monoisotopic (exact) mass is 776 g/mol. The Labute approximate surface area is 349 Å². The third kappa shape index (κ3) is 7.82. The molecule has 3 heterocycles. The van der Waals surface area contributed by atoms with Gasteiger partial charge in [-0.3, -0.25) is 4.90 Å². The molecule has 5 aromatic rings. The average Bonchev–Trinajstić information content (AvgIpc) is 3.63. The highest BCUT2D eigenvalue weighted by Gasteiger charge is 2.39. The summed E-state index contributed by atoms with van der Waals surface area (Å²) in [6, 6.07) is 31.2. The van der Waals surface area contributed by atoms with Crippen LogP contribution in [0.25, 0.3) is 11.1 Å². The van der Waals surface area contributed by atoms with Crippen LogP contribution >= 0.6 is 0 Å². The Bertz CT molecular complexity index is 2310. The summed E-state index contributed by atoms with van der Waals surface area (Å²) < 4.78 is 13.5. The van der Waals surface area contributed by atoms with E-state index in [1.165, 1.54) is 33.4 Å². The van der Waals surface area contributed by atoms with E-state index in [1.807, 2.05) is 6.20 Å². The first kappa shape index (κ1) is 41.3. The molecule has 0 radical (unpaired) electrons. The van der Waals surface area contributed by atoms with Gasteiger partial charge < -0.3 is 9.47 Å². The molecule has 0 unspecified atom stereocenters. The van der Waals surface area contributed by atoms with Crippen LogP contribution in [-0.2, 0) is 15.6 Å². The molecular formula is C53H65N3O2. The van der Waals surface area contributed by atoms with Crippen molar-refractivity contribution in [2.45, 2.75) is 126 Å². The van der Waals surface area contributed by atoms with Crippen LogP contribution in [0.15, 0.2) is 96.1 Å². The van der Waals surface area contributed by atoms with Gasteiger partial charge in [-0.2, -0.15) is 0 Å². The smallest absolute Gasteiger partial charge is 0.216 e. The van der Waals surface area contributed by atoms with Gasteiger partial charge in [-0.05, 0) is 123 Å². The van der Waals surface area contributed by atoms with Gasteiger partial charge in [0.05, 0.1) is 17.4 Å². The SMILES string of the molecule is Cc1cc(Oc2cc(C3=N[C@H](C(C(C)C)C(C)C)CO3)cc(-c3c(C(C)C)cccc3C(C)C)c2)cc(N2c3ccc(C(C)(C)C)cc3C(C)(C)c3cccnc32)c1. The van der Waals surface area contributed by atoms with Crippen LogP contribution in [0, 0.1) is 24.7 Å². The maximum atomic E-state index is 7.03. The van der Waals surface area contributed by atoms with E-state index >= 15 is 0 Å². The zero-order valence-electron chi connectivity index (χ0n) is 37.5. The van der Waals surface area contributed by atoms with E-state index in [9.17, 15) is 0 Å². The third-order valence-electron chi connectivity index (χ3n) is 12.5. The predicted molar refractivity (Wildman–Crippen MR) is 244 cm³/mol. The molecule has 2 aliphatic heterocycles. The van der Waals surface area contributed by atoms with Crippen molar-refractivity contribution < 1.29 is 9.47 Å². The Morgan fingerprint density at radius 2 is 1.40 bits per heavy atom. The number of ether oxygens (including phenoxy) is 2. The van der Waals surface area contributed by atoms with Gasteiger partial charge in [0.15, 0.2) is 0 Å². The number of nitrogens with zero attached hydrogens (tertiary/aromatic N) is 3. The second-order valence-electron chi connectivity index (χ2n) is 19.7. The summed E-state index contributed by atoms with van der Waals surface area (Å²) in [4.78, 5) is 12.6. The van der Waals surface area contributed by atoms with E-state index in [0.717, 1.165) is 45.4 Å². The molecule has 4 aromatic carbocycles. The maximum Gasteiger partial charge on any atom is 0.216 e. The van der Waals surface area contributed by atoms with Gasteiger partial charge in [0.2, 0.25) is 5.90 Å². The number of fused-ring (bicyclic) bond motifs is 2. The van der Waals surface area contributed by atoms with E-state index < -0.39 is 0 Å². The van der Waals surface area contributed by atoms with E-state index in [4.69, 9.17) is 19.5 Å². The first-order chi connectivity index (χ1) is 27.3. The summed E-state index contributed by atoms with van der Waals surface area (Å²) >= 11 is 0. The molecule has 304 valence electrons. The molecule has 0 aliphatic carbocycles. The third-order valence-corrected chi connectivity index (χ3v) is 12.5. The van der Waals surface area contributed by atoms with Crippen LogP contribution in [0.5, 0.6) is 11.5 Å². The molecule has 0 bridgehead atoms. The van der Waals surface area contributed by atoms with Crippen molar-refractivity contribution in [3.63, 3.8) is 0 Å². The maximum absolute atomic E-state index is 7.03. The van der Waals surface area contributed by atoms with Crippen molar-refractivity contribution in [2.75, 3.05) is 11.5 Å². The van der Waals surface area contributed by atoms with E-state index in [-0.39, 0.29) is 16.9 Å². The van der Waals surface area contributed by atoms with Gasteiger partial charge in [0, 0.05) is 28.8 Å². The standard InChI is InChI=1S/C53H65N3O2/c1-31(2)42-17-15-18-43(32(3)4)49(42)36-25-37(51-55-46(30-57-51)48(33(5)6)34(7)8)27-41(26-36)58-40-24-35(9)23-39(29-40)56-47-21-20-38(52(10,11)12)28-45(47)53(13,14)44-19-16-22-54-50(44)56/h15-29,31-34,46,48H,30H2,1-14H3/t46-/m0/s1. The van der Waals surface area contributed by atoms with Gasteiger partial charge in [-0.25, -0.2) is 9.98 Å². The molecule has 0 saturated carbocycles. The van der Waals surface area contributed by atoms with Gasteiger partial charge >= 0.3 is 0 Å². The number of hydrogen-bond acceptors (Lipinski definition) is 5. The zero-order valence-corrected chi connectivity index (χ0v) is 37.5. The van der Waals surface area contributed by atoms with Crippen molar-refractivity contribution in [1.82, 2.24) is 4.98 Å². The van der Waals surface area contributed by atoms with Gasteiger partial charge in [0.1, 0.15) is 23.9 Å². The summed E-state index contributed by atoms with van der Waals surface area (Å²) in [6.45, 7) is 32.6. The normalized spacial score (nSPS) is 16.3. The van der Waals surface area contributed by atoms with Crippen molar-refractivity contribution >= 4 is 23.1 Å². The lowest BCUT2D eigenvalue weighted by Crippen LogP contribution is -2.32. The quantitative estimate of drug-likeness (QED) is 0.142. The Hall–Kier alpha value is -4.90. The number of aliphatic imine (C=N–C) groups is 1. The molecule has 5 nitrogen and oxygen atoms in total. The Morgan fingerprint density at radius 3 is 2.03 bits per heavy atom. The number of aromatic nitrogens is 1.